The van der Waals surface area contributed by atoms with Gasteiger partial charge in [-0.3, -0.25) is 9.36 Å². The van der Waals surface area contributed by atoms with E-state index in [4.69, 9.17) is 9.84 Å². The van der Waals surface area contributed by atoms with Crippen molar-refractivity contribution in [3.63, 3.8) is 0 Å². The van der Waals surface area contributed by atoms with Crippen molar-refractivity contribution < 1.29 is 19.4 Å². The first-order valence-corrected chi connectivity index (χ1v) is 7.68. The second-order valence-corrected chi connectivity index (χ2v) is 5.47. The molecule has 0 aliphatic rings. The van der Waals surface area contributed by atoms with Crippen molar-refractivity contribution in [1.29, 1.82) is 0 Å². The number of ether oxygens (including phenoxy) is 1. The lowest BCUT2D eigenvalue weighted by molar-refractivity contribution is -0.142. The standard InChI is InChI=1S/C18H17N3O4/c1-12(22)19-13-5-4-6-14(9-13)21-16-8-3-2-7-15(16)20-17(21)10-25-11-18(23)24/h2-9H,10-11H2,1H3,(H,19,22)(H,23,24). The highest BCUT2D eigenvalue weighted by Crippen LogP contribution is 2.24. The van der Waals surface area contributed by atoms with Gasteiger partial charge in [0.2, 0.25) is 5.91 Å². The number of aliphatic carboxylic acids is 1. The van der Waals surface area contributed by atoms with Gasteiger partial charge in [-0.25, -0.2) is 9.78 Å². The maximum absolute atomic E-state index is 11.3. The molecule has 0 atom stereocenters. The molecule has 0 aliphatic carbocycles. The summed E-state index contributed by atoms with van der Waals surface area (Å²) in [4.78, 5) is 26.5. The van der Waals surface area contributed by atoms with Gasteiger partial charge in [0.15, 0.2) is 0 Å². The molecule has 7 heteroatoms. The van der Waals surface area contributed by atoms with Crippen LogP contribution in [0.1, 0.15) is 12.7 Å². The zero-order chi connectivity index (χ0) is 17.8. The molecule has 1 heterocycles. The molecule has 0 aliphatic heterocycles. The van der Waals surface area contributed by atoms with E-state index in [0.29, 0.717) is 11.5 Å². The minimum atomic E-state index is -1.03. The molecular formula is C18H17N3O4. The zero-order valence-electron chi connectivity index (χ0n) is 13.6. The van der Waals surface area contributed by atoms with Gasteiger partial charge in [0.05, 0.1) is 11.0 Å². The van der Waals surface area contributed by atoms with E-state index < -0.39 is 12.6 Å². The molecule has 3 rings (SSSR count). The predicted molar refractivity (Wildman–Crippen MR) is 92.7 cm³/mol. The van der Waals surface area contributed by atoms with Crippen LogP contribution < -0.4 is 5.32 Å². The van der Waals surface area contributed by atoms with Crippen LogP contribution in [-0.2, 0) is 20.9 Å². The summed E-state index contributed by atoms with van der Waals surface area (Å²) in [6.45, 7) is 1.12. The fraction of sp³-hybridized carbons (Fsp3) is 0.167. The van der Waals surface area contributed by atoms with Gasteiger partial charge in [-0.1, -0.05) is 18.2 Å². The van der Waals surface area contributed by atoms with E-state index in [0.717, 1.165) is 16.7 Å². The number of nitrogens with one attached hydrogen (secondary N) is 1. The highest BCUT2D eigenvalue weighted by Gasteiger charge is 2.13. The van der Waals surface area contributed by atoms with Crippen molar-refractivity contribution in [2.75, 3.05) is 11.9 Å². The molecule has 0 saturated heterocycles. The summed E-state index contributed by atoms with van der Waals surface area (Å²) in [5.41, 5.74) is 3.12. The maximum atomic E-state index is 11.3. The molecule has 1 amide bonds. The number of para-hydroxylation sites is 2. The first-order chi connectivity index (χ1) is 12.0. The summed E-state index contributed by atoms with van der Waals surface area (Å²) in [5.74, 6) is -0.601. The van der Waals surface area contributed by atoms with Crippen LogP contribution in [0.4, 0.5) is 5.69 Å². The average molecular weight is 339 g/mol. The molecule has 3 aromatic rings. The Bertz CT molecular complexity index is 933. The molecule has 25 heavy (non-hydrogen) atoms. The van der Waals surface area contributed by atoms with Gasteiger partial charge in [0, 0.05) is 18.3 Å². The van der Waals surface area contributed by atoms with Crippen LogP contribution in [0.2, 0.25) is 0 Å². The third-order valence-corrected chi connectivity index (χ3v) is 3.51. The molecule has 0 spiro atoms. The summed E-state index contributed by atoms with van der Waals surface area (Å²) in [6, 6.07) is 14.9. The molecule has 7 nitrogen and oxygen atoms in total. The van der Waals surface area contributed by atoms with Crippen LogP contribution in [0.3, 0.4) is 0 Å². The minimum absolute atomic E-state index is 0.0609. The number of benzene rings is 2. The van der Waals surface area contributed by atoms with Gasteiger partial charge in [0.25, 0.3) is 0 Å². The molecule has 1 aromatic heterocycles. The number of carboxylic acids is 1. The van der Waals surface area contributed by atoms with Gasteiger partial charge in [0.1, 0.15) is 19.0 Å². The highest BCUT2D eigenvalue weighted by molar-refractivity contribution is 5.89. The number of hydrogen-bond acceptors (Lipinski definition) is 4. The van der Waals surface area contributed by atoms with E-state index in [9.17, 15) is 9.59 Å². The SMILES string of the molecule is CC(=O)Nc1cccc(-n2c(COCC(=O)O)nc3ccccc32)c1. The molecule has 0 fully saturated rings. The van der Waals surface area contributed by atoms with Crippen molar-refractivity contribution in [3.8, 4) is 5.69 Å². The summed E-state index contributed by atoms with van der Waals surface area (Å²) in [6.07, 6.45) is 0. The number of anilines is 1. The second kappa shape index (κ2) is 7.14. The Kier molecular flexibility index (Phi) is 4.76. The molecule has 0 saturated carbocycles. The van der Waals surface area contributed by atoms with E-state index in [2.05, 4.69) is 10.3 Å². The van der Waals surface area contributed by atoms with E-state index in [1.807, 2.05) is 47.0 Å². The number of hydrogen-bond donors (Lipinski definition) is 2. The Morgan fingerprint density at radius 2 is 2.00 bits per heavy atom. The Labute approximate surface area is 143 Å². The number of amides is 1. The van der Waals surface area contributed by atoms with E-state index in [1.54, 1.807) is 6.07 Å². The number of aromatic nitrogens is 2. The van der Waals surface area contributed by atoms with Gasteiger partial charge in [-0.15, -0.1) is 0 Å². The molecule has 0 bridgehead atoms. The second-order valence-electron chi connectivity index (χ2n) is 5.47. The molecule has 0 radical (unpaired) electrons. The number of carbonyl (C=O) groups excluding carboxylic acids is 1. The maximum Gasteiger partial charge on any atom is 0.329 e. The first kappa shape index (κ1) is 16.7. The van der Waals surface area contributed by atoms with Crippen molar-refractivity contribution >= 4 is 28.6 Å². The molecule has 2 N–H and O–H groups in total. The van der Waals surface area contributed by atoms with E-state index >= 15 is 0 Å². The number of carbonyl (C=O) groups is 2. The summed E-state index contributed by atoms with van der Waals surface area (Å²) < 4.78 is 7.11. The molecular weight excluding hydrogens is 322 g/mol. The monoisotopic (exact) mass is 339 g/mol. The first-order valence-electron chi connectivity index (χ1n) is 7.68. The van der Waals surface area contributed by atoms with Crippen LogP contribution in [-0.4, -0.2) is 33.1 Å². The van der Waals surface area contributed by atoms with Crippen LogP contribution in [0, 0.1) is 0 Å². The zero-order valence-corrected chi connectivity index (χ0v) is 13.6. The fourth-order valence-electron chi connectivity index (χ4n) is 2.62. The Hall–Kier alpha value is -3.19. The van der Waals surface area contributed by atoms with Gasteiger partial charge in [-0.05, 0) is 30.3 Å². The Morgan fingerprint density at radius 3 is 2.76 bits per heavy atom. The van der Waals surface area contributed by atoms with Crippen molar-refractivity contribution in [1.82, 2.24) is 9.55 Å². The van der Waals surface area contributed by atoms with Gasteiger partial charge < -0.3 is 15.2 Å². The van der Waals surface area contributed by atoms with Crippen molar-refractivity contribution in [2.24, 2.45) is 0 Å². The summed E-state index contributed by atoms with van der Waals surface area (Å²) in [5, 5.41) is 11.5. The van der Waals surface area contributed by atoms with Crippen LogP contribution in [0.15, 0.2) is 48.5 Å². The highest BCUT2D eigenvalue weighted by atomic mass is 16.5. The topological polar surface area (TPSA) is 93.5 Å². The van der Waals surface area contributed by atoms with Gasteiger partial charge in [-0.2, -0.15) is 0 Å². The average Bonchev–Trinajstić information content (AvgIpc) is 2.92. The normalized spacial score (nSPS) is 10.8. The van der Waals surface area contributed by atoms with Crippen molar-refractivity contribution in [3.05, 3.63) is 54.4 Å². The minimum Gasteiger partial charge on any atom is -0.480 e. The number of carboxylic acid groups (broad SMARTS) is 1. The number of fused-ring (bicyclic) bond motifs is 1. The Balaban J connectivity index is 2.04. The lowest BCUT2D eigenvalue weighted by atomic mass is 10.2. The van der Waals surface area contributed by atoms with Crippen molar-refractivity contribution in [2.45, 2.75) is 13.5 Å². The van der Waals surface area contributed by atoms with E-state index in [-0.39, 0.29) is 12.5 Å². The number of nitrogens with zero attached hydrogens (tertiary/aromatic N) is 2. The van der Waals surface area contributed by atoms with E-state index in [1.165, 1.54) is 6.92 Å². The molecule has 2 aromatic carbocycles. The molecule has 128 valence electrons. The largest absolute Gasteiger partial charge is 0.480 e. The van der Waals surface area contributed by atoms with Crippen LogP contribution in [0.5, 0.6) is 0 Å². The smallest absolute Gasteiger partial charge is 0.329 e. The Morgan fingerprint density at radius 1 is 1.20 bits per heavy atom. The predicted octanol–water partition coefficient (Wildman–Crippen LogP) is 2.59. The third kappa shape index (κ3) is 3.84. The van der Waals surface area contributed by atoms with Crippen LogP contribution in [0.25, 0.3) is 16.7 Å². The lowest BCUT2D eigenvalue weighted by Gasteiger charge is -2.11. The summed E-state index contributed by atoms with van der Waals surface area (Å²) in [7, 11) is 0. The number of imidazole rings is 1. The fourth-order valence-corrected chi connectivity index (χ4v) is 2.62. The van der Waals surface area contributed by atoms with Crippen LogP contribution >= 0.6 is 0 Å². The van der Waals surface area contributed by atoms with Gasteiger partial charge >= 0.3 is 5.97 Å². The quantitative estimate of drug-likeness (QED) is 0.720. The molecule has 0 unspecified atom stereocenters. The third-order valence-electron chi connectivity index (χ3n) is 3.51. The lowest BCUT2D eigenvalue weighted by Crippen LogP contribution is -2.10. The summed E-state index contributed by atoms with van der Waals surface area (Å²) >= 11 is 0. The number of rotatable bonds is 6.